The molecular weight excluding hydrogens is 308 g/mol. The van der Waals surface area contributed by atoms with Crippen LogP contribution in [0.5, 0.6) is 0 Å². The first-order chi connectivity index (χ1) is 11.6. The summed E-state index contributed by atoms with van der Waals surface area (Å²) in [4.78, 5) is 30.6. The summed E-state index contributed by atoms with van der Waals surface area (Å²) in [6, 6.07) is 4.29. The summed E-state index contributed by atoms with van der Waals surface area (Å²) >= 11 is 0. The number of carbonyl (C=O) groups excluding carboxylic acids is 1. The topological polar surface area (TPSA) is 83.6 Å². The summed E-state index contributed by atoms with van der Waals surface area (Å²) in [5.74, 6) is -0.180. The number of furan rings is 1. The first kappa shape index (κ1) is 14.9. The maximum Gasteiger partial charge on any atom is 0.331 e. The first-order valence-corrected chi connectivity index (χ1v) is 8.14. The maximum atomic E-state index is 13.0. The van der Waals surface area contributed by atoms with Crippen LogP contribution < -0.4 is 0 Å². The lowest BCUT2D eigenvalue weighted by Crippen LogP contribution is -2.43. The van der Waals surface area contributed by atoms with E-state index in [0.717, 1.165) is 18.5 Å². The van der Waals surface area contributed by atoms with Gasteiger partial charge in [-0.1, -0.05) is 0 Å². The summed E-state index contributed by atoms with van der Waals surface area (Å²) in [5.41, 5.74) is 2.71. The number of aliphatic carboxylic acids is 1. The van der Waals surface area contributed by atoms with Gasteiger partial charge in [-0.2, -0.15) is 0 Å². The number of carboxylic acids is 1. The Bertz CT molecular complexity index is 822. The predicted octanol–water partition coefficient (Wildman–Crippen LogP) is 2.68. The zero-order valence-corrected chi connectivity index (χ0v) is 13.4. The number of carboxylic acid groups (broad SMARTS) is 1. The van der Waals surface area contributed by atoms with Crippen LogP contribution >= 0.6 is 0 Å². The van der Waals surface area contributed by atoms with Crippen LogP contribution in [0.15, 0.2) is 28.9 Å². The van der Waals surface area contributed by atoms with Crippen LogP contribution in [0.3, 0.4) is 0 Å². The van der Waals surface area contributed by atoms with Gasteiger partial charge in [-0.15, -0.1) is 0 Å². The molecule has 1 saturated carbocycles. The molecule has 1 amide bonds. The fraction of sp³-hybridized carbons (Fsp3) is 0.389. The molecule has 2 aliphatic rings. The van der Waals surface area contributed by atoms with Gasteiger partial charge >= 0.3 is 5.97 Å². The number of carbonyl (C=O) groups is 2. The lowest BCUT2D eigenvalue weighted by Gasteiger charge is -2.32. The average molecular weight is 326 g/mol. The van der Waals surface area contributed by atoms with E-state index in [9.17, 15) is 14.7 Å². The highest BCUT2D eigenvalue weighted by molar-refractivity contribution is 5.98. The van der Waals surface area contributed by atoms with Gasteiger partial charge in [-0.25, -0.2) is 4.79 Å². The van der Waals surface area contributed by atoms with Crippen molar-refractivity contribution in [2.24, 2.45) is 0 Å². The number of fused-ring (bicyclic) bond motifs is 1. The van der Waals surface area contributed by atoms with E-state index in [1.165, 1.54) is 11.2 Å². The monoisotopic (exact) mass is 326 g/mol. The van der Waals surface area contributed by atoms with Crippen molar-refractivity contribution in [1.82, 2.24) is 9.88 Å². The minimum atomic E-state index is -1.05. The average Bonchev–Trinajstić information content (AvgIpc) is 3.30. The third kappa shape index (κ3) is 2.38. The van der Waals surface area contributed by atoms with Crippen molar-refractivity contribution in [3.05, 3.63) is 52.7 Å². The van der Waals surface area contributed by atoms with Crippen LogP contribution in [0.25, 0.3) is 0 Å². The SMILES string of the molecule is Cc1nc(C2CC2)ccc1C(=O)N1CCc2occc2C1C(=O)O. The van der Waals surface area contributed by atoms with Crippen molar-refractivity contribution in [3.63, 3.8) is 0 Å². The highest BCUT2D eigenvalue weighted by Crippen LogP contribution is 2.39. The summed E-state index contributed by atoms with van der Waals surface area (Å²) in [6.07, 6.45) is 4.29. The molecule has 0 aromatic carbocycles. The van der Waals surface area contributed by atoms with Crippen molar-refractivity contribution in [2.75, 3.05) is 6.54 Å². The molecule has 24 heavy (non-hydrogen) atoms. The molecule has 4 rings (SSSR count). The van der Waals surface area contributed by atoms with E-state index in [-0.39, 0.29) is 5.91 Å². The molecule has 3 heterocycles. The van der Waals surface area contributed by atoms with Crippen molar-refractivity contribution in [1.29, 1.82) is 0 Å². The molecule has 1 unspecified atom stereocenters. The zero-order chi connectivity index (χ0) is 16.8. The van der Waals surface area contributed by atoms with Gasteiger partial charge in [0, 0.05) is 30.1 Å². The Balaban J connectivity index is 1.67. The number of aromatic nitrogens is 1. The van der Waals surface area contributed by atoms with Crippen molar-refractivity contribution >= 4 is 11.9 Å². The number of hydrogen-bond donors (Lipinski definition) is 1. The van der Waals surface area contributed by atoms with Gasteiger partial charge in [0.25, 0.3) is 5.91 Å². The highest BCUT2D eigenvalue weighted by atomic mass is 16.4. The van der Waals surface area contributed by atoms with Crippen LogP contribution in [0.1, 0.15) is 57.9 Å². The van der Waals surface area contributed by atoms with Gasteiger partial charge in [-0.05, 0) is 38.0 Å². The molecule has 1 atom stereocenters. The number of nitrogens with zero attached hydrogens (tertiary/aromatic N) is 2. The normalized spacial score (nSPS) is 19.9. The smallest absolute Gasteiger partial charge is 0.331 e. The minimum absolute atomic E-state index is 0.290. The summed E-state index contributed by atoms with van der Waals surface area (Å²) < 4.78 is 5.33. The van der Waals surface area contributed by atoms with Crippen LogP contribution in [0, 0.1) is 6.92 Å². The van der Waals surface area contributed by atoms with Crippen LogP contribution in [0.4, 0.5) is 0 Å². The number of pyridine rings is 1. The van der Waals surface area contributed by atoms with Crippen LogP contribution in [-0.2, 0) is 11.2 Å². The molecule has 124 valence electrons. The van der Waals surface area contributed by atoms with Gasteiger partial charge in [0.15, 0.2) is 6.04 Å². The van der Waals surface area contributed by atoms with E-state index in [1.807, 2.05) is 13.0 Å². The van der Waals surface area contributed by atoms with E-state index in [1.54, 1.807) is 12.1 Å². The Labute approximate surface area is 139 Å². The second kappa shape index (κ2) is 5.47. The Morgan fingerprint density at radius 1 is 1.29 bits per heavy atom. The molecular formula is C18H18N2O4. The van der Waals surface area contributed by atoms with Crippen LogP contribution in [0.2, 0.25) is 0 Å². The van der Waals surface area contributed by atoms with Crippen molar-refractivity contribution in [3.8, 4) is 0 Å². The molecule has 2 aromatic heterocycles. The van der Waals surface area contributed by atoms with Crippen LogP contribution in [-0.4, -0.2) is 33.4 Å². The van der Waals surface area contributed by atoms with E-state index < -0.39 is 12.0 Å². The van der Waals surface area contributed by atoms with Gasteiger partial charge in [-0.3, -0.25) is 9.78 Å². The van der Waals surface area contributed by atoms with Crippen molar-refractivity contribution in [2.45, 2.75) is 38.1 Å². The second-order valence-corrected chi connectivity index (χ2v) is 6.43. The highest BCUT2D eigenvalue weighted by Gasteiger charge is 2.38. The molecule has 0 saturated heterocycles. The number of rotatable bonds is 3. The second-order valence-electron chi connectivity index (χ2n) is 6.43. The number of aryl methyl sites for hydroxylation is 1. The van der Waals surface area contributed by atoms with Gasteiger partial charge in [0.2, 0.25) is 0 Å². The lowest BCUT2D eigenvalue weighted by molar-refractivity contribution is -0.143. The number of hydrogen-bond acceptors (Lipinski definition) is 4. The fourth-order valence-corrected chi connectivity index (χ4v) is 3.37. The molecule has 1 aliphatic carbocycles. The molecule has 6 nitrogen and oxygen atoms in total. The summed E-state index contributed by atoms with van der Waals surface area (Å²) in [7, 11) is 0. The Morgan fingerprint density at radius 3 is 2.75 bits per heavy atom. The molecule has 6 heteroatoms. The quantitative estimate of drug-likeness (QED) is 0.937. The molecule has 1 N–H and O–H groups in total. The maximum absolute atomic E-state index is 13.0. The zero-order valence-electron chi connectivity index (χ0n) is 13.4. The van der Waals surface area contributed by atoms with Gasteiger partial charge in [0.05, 0.1) is 17.5 Å². The summed E-state index contributed by atoms with van der Waals surface area (Å²) in [5, 5.41) is 9.61. The largest absolute Gasteiger partial charge is 0.479 e. The van der Waals surface area contributed by atoms with Gasteiger partial charge < -0.3 is 14.4 Å². The van der Waals surface area contributed by atoms with Crippen molar-refractivity contribution < 1.29 is 19.1 Å². The van der Waals surface area contributed by atoms with Gasteiger partial charge in [0.1, 0.15) is 5.76 Å². The predicted molar refractivity (Wildman–Crippen MR) is 84.8 cm³/mol. The van der Waals surface area contributed by atoms with E-state index in [4.69, 9.17) is 4.42 Å². The number of amides is 1. The Kier molecular flexibility index (Phi) is 3.40. The molecule has 0 spiro atoms. The fourth-order valence-electron chi connectivity index (χ4n) is 3.37. The lowest BCUT2D eigenvalue weighted by atomic mass is 9.98. The van der Waals surface area contributed by atoms with E-state index in [2.05, 4.69) is 4.98 Å². The molecule has 2 aromatic rings. The Morgan fingerprint density at radius 2 is 2.08 bits per heavy atom. The summed E-state index contributed by atoms with van der Waals surface area (Å²) in [6.45, 7) is 2.13. The van der Waals surface area contributed by atoms with E-state index in [0.29, 0.717) is 41.5 Å². The Hall–Kier alpha value is -2.63. The third-order valence-electron chi connectivity index (χ3n) is 4.79. The first-order valence-electron chi connectivity index (χ1n) is 8.14. The standard InChI is InChI=1S/C18H18N2O4/c1-10-12(4-5-14(19-10)11-2-3-11)17(21)20-8-6-15-13(7-9-24-15)16(20)18(22)23/h4-5,7,9,11,16H,2-3,6,8H2,1H3,(H,22,23). The molecule has 0 radical (unpaired) electrons. The third-order valence-corrected chi connectivity index (χ3v) is 4.79. The molecule has 1 fully saturated rings. The minimum Gasteiger partial charge on any atom is -0.479 e. The van der Waals surface area contributed by atoms with E-state index >= 15 is 0 Å². The molecule has 0 bridgehead atoms. The molecule has 1 aliphatic heterocycles.